The molecule has 2 saturated carbocycles. The Morgan fingerprint density at radius 2 is 1.20 bits per heavy atom. The van der Waals surface area contributed by atoms with Gasteiger partial charge in [-0.05, 0) is 82.2 Å². The van der Waals surface area contributed by atoms with Crippen LogP contribution in [0.5, 0.6) is 11.5 Å². The summed E-state index contributed by atoms with van der Waals surface area (Å²) in [6.45, 7) is 1.68. The van der Waals surface area contributed by atoms with Crippen molar-refractivity contribution < 1.29 is 80.2 Å². The van der Waals surface area contributed by atoms with Crippen molar-refractivity contribution in [2.24, 2.45) is 35.1 Å². The lowest BCUT2D eigenvalue weighted by Crippen LogP contribution is -2.70. The Bertz CT molecular complexity index is 2660. The second-order valence-electron chi connectivity index (χ2n) is 18.1. The summed E-state index contributed by atoms with van der Waals surface area (Å²) >= 11 is 0. The molecule has 6 aliphatic carbocycles. The third-order valence-corrected chi connectivity index (χ3v) is 14.1. The Balaban J connectivity index is 0.000000215. The molecule has 21 nitrogen and oxygen atoms in total. The van der Waals surface area contributed by atoms with Gasteiger partial charge in [0, 0.05) is 42.8 Å². The zero-order chi connectivity index (χ0) is 48.4. The number of nitrogens with zero attached hydrogens (tertiary/aromatic N) is 3. The van der Waals surface area contributed by atoms with E-state index < -0.39 is 134 Å². The summed E-state index contributed by atoms with van der Waals surface area (Å²) in [7, 11) is 9.67. The normalized spacial score (nSPS) is 31.2. The fourth-order valence-electron chi connectivity index (χ4n) is 11.2. The number of aliphatic hydroxyl groups excluding tert-OH is 5. The summed E-state index contributed by atoms with van der Waals surface area (Å²) in [6, 6.07) is 5.14. The van der Waals surface area contributed by atoms with Crippen LogP contribution in [0.25, 0.3) is 11.5 Å². The first kappa shape index (κ1) is 48.8. The highest BCUT2D eigenvalue weighted by Crippen LogP contribution is 2.57. The highest BCUT2D eigenvalue weighted by atomic mass is 16.4. The molecule has 2 aromatic carbocycles. The van der Waals surface area contributed by atoms with E-state index in [1.54, 1.807) is 39.2 Å². The molecule has 354 valence electrons. The van der Waals surface area contributed by atoms with Gasteiger partial charge in [0.05, 0.1) is 35.2 Å². The minimum absolute atomic E-state index is 0. The van der Waals surface area contributed by atoms with Gasteiger partial charge in [-0.25, -0.2) is 0 Å². The Morgan fingerprint density at radius 3 is 1.73 bits per heavy atom. The number of likely N-dealkylation sites (N-methyl/N-ethyl adjacent to an activating group) is 2. The number of hydrogen-bond acceptors (Lipinski definition) is 18. The number of carbonyl (C=O) groups is 6. The maximum absolute atomic E-state index is 13.7. The van der Waals surface area contributed by atoms with Crippen molar-refractivity contribution in [2.45, 2.75) is 55.1 Å². The maximum atomic E-state index is 13.7. The van der Waals surface area contributed by atoms with Crippen LogP contribution in [0.2, 0.25) is 0 Å². The van der Waals surface area contributed by atoms with E-state index in [-0.39, 0.29) is 46.5 Å². The predicted molar refractivity (Wildman–Crippen MR) is 233 cm³/mol. The molecule has 0 heterocycles. The summed E-state index contributed by atoms with van der Waals surface area (Å²) in [5, 5.41) is 98.8. The molecule has 21 heteroatoms. The number of nitrogens with two attached hydrogens (primary N) is 2. The Kier molecular flexibility index (Phi) is 12.1. The van der Waals surface area contributed by atoms with E-state index in [1.807, 2.05) is 19.0 Å². The van der Waals surface area contributed by atoms with Gasteiger partial charge in [-0.2, -0.15) is 0 Å². The van der Waals surface area contributed by atoms with Crippen molar-refractivity contribution in [3.8, 4) is 11.5 Å². The van der Waals surface area contributed by atoms with E-state index >= 15 is 0 Å². The van der Waals surface area contributed by atoms with Gasteiger partial charge < -0.3 is 67.8 Å². The number of amides is 2. The molecule has 2 fully saturated rings. The number of aromatic hydroxyl groups is 2. The highest BCUT2D eigenvalue weighted by molar-refractivity contribution is 6.25. The van der Waals surface area contributed by atoms with Crippen LogP contribution in [0.15, 0.2) is 64.1 Å². The van der Waals surface area contributed by atoms with Gasteiger partial charge in [0.1, 0.15) is 45.7 Å². The van der Waals surface area contributed by atoms with Crippen molar-refractivity contribution in [3.05, 3.63) is 86.4 Å². The SMILES string of the molecule is CN(C)c1ccc(O)c2c1C[C@H]1C[C@H]3[C@H](N(C)C)C(=O)C(C(N)=O)=C(O)[C@@]3(O)C(=O)C1=C2O.C[C@H]1c2cccc(O)c2C(O)=C2C(=O)[C@]3(O)C(O)=C(C(N)=O)C(=O)[C@@H](N(C)C)[C@@H]3[C@@H](O)[C@@H]21.O. The number of primary amides is 2. The number of ketones is 4. The summed E-state index contributed by atoms with van der Waals surface area (Å²) in [4.78, 5) is 81.9. The van der Waals surface area contributed by atoms with Crippen LogP contribution in [-0.4, -0.2) is 168 Å². The first-order valence-electron chi connectivity index (χ1n) is 20.5. The number of fused-ring (bicyclic) bond motifs is 6. The summed E-state index contributed by atoms with van der Waals surface area (Å²) in [6.07, 6.45) is -1.27. The monoisotopic (exact) mass is 919 g/mol. The van der Waals surface area contributed by atoms with Crippen molar-refractivity contribution in [1.29, 1.82) is 0 Å². The zero-order valence-electron chi connectivity index (χ0n) is 36.9. The minimum atomic E-state index is -2.89. The van der Waals surface area contributed by atoms with Gasteiger partial charge >= 0.3 is 0 Å². The summed E-state index contributed by atoms with van der Waals surface area (Å²) in [5.41, 5.74) is 4.62. The van der Waals surface area contributed by atoms with Crippen molar-refractivity contribution in [1.82, 2.24) is 9.80 Å². The summed E-state index contributed by atoms with van der Waals surface area (Å²) < 4.78 is 0. The molecule has 0 radical (unpaired) electrons. The Morgan fingerprint density at radius 1 is 0.697 bits per heavy atom. The van der Waals surface area contributed by atoms with Gasteiger partial charge in [-0.15, -0.1) is 0 Å². The fraction of sp³-hybridized carbons (Fsp3) is 0.422. The number of phenols is 2. The van der Waals surface area contributed by atoms with Crippen molar-refractivity contribution in [3.63, 3.8) is 0 Å². The Labute approximate surface area is 376 Å². The van der Waals surface area contributed by atoms with Crippen LogP contribution in [0.3, 0.4) is 0 Å². The molecule has 0 spiro atoms. The number of rotatable bonds is 5. The number of aliphatic hydroxyl groups is 7. The first-order chi connectivity index (χ1) is 30.2. The molecule has 10 atom stereocenters. The number of phenolic OH excluding ortho intramolecular Hbond substituents is 2. The molecule has 0 unspecified atom stereocenters. The average Bonchev–Trinajstić information content (AvgIpc) is 3.20. The molecule has 2 aromatic rings. The van der Waals surface area contributed by atoms with Gasteiger partial charge in [0.15, 0.2) is 22.8 Å². The van der Waals surface area contributed by atoms with E-state index in [0.29, 0.717) is 11.1 Å². The van der Waals surface area contributed by atoms with Gasteiger partial charge in [0.25, 0.3) is 11.8 Å². The second kappa shape index (κ2) is 16.4. The fourth-order valence-corrected chi connectivity index (χ4v) is 11.2. The molecule has 0 saturated heterocycles. The van der Waals surface area contributed by atoms with E-state index in [1.165, 1.54) is 36.0 Å². The standard InChI is InChI=1S/C23H27N3O7.C22H24N2O8.H2O/c1-25(2)12-5-6-13(27)15-10(12)7-9-8-11-17(26(3)4)19(29)16(22(24)32)21(31)23(11,33)20(30)14(9)18(15)28;1-7-8-5-4-6-9(25)11(8)16(26)12-10(7)17(27)14-15(24(2)3)18(28)13(21(23)31)20(30)22(14,32)19(12)29;/h5-6,9,11,17,27-28,31,33H,7-8H2,1-4H3,(H2,24,32);4-7,10,14-15,17,25-27,30,32H,1-3H3,(H2,23,31);1H2/t9-,11-,17-,23-;7-,10+,14+,15-,17-,22-;/m00./s1. The molecule has 0 aliphatic heterocycles. The molecule has 2 amide bonds. The van der Waals surface area contributed by atoms with Crippen LogP contribution in [0.4, 0.5) is 5.69 Å². The number of Topliss-reactive ketones (excluding diaryl/α,β-unsaturated/α-hetero) is 4. The molecule has 66 heavy (non-hydrogen) atoms. The Hall–Kier alpha value is -6.62. The van der Waals surface area contributed by atoms with Crippen LogP contribution >= 0.6 is 0 Å². The first-order valence-corrected chi connectivity index (χ1v) is 20.5. The van der Waals surface area contributed by atoms with Crippen LogP contribution < -0.4 is 16.4 Å². The van der Waals surface area contributed by atoms with Crippen molar-refractivity contribution >= 4 is 52.2 Å². The quantitative estimate of drug-likeness (QED) is 0.155. The van der Waals surface area contributed by atoms with Gasteiger partial charge in [0.2, 0.25) is 11.6 Å². The minimum Gasteiger partial charge on any atom is -0.508 e. The average molecular weight is 920 g/mol. The zero-order valence-corrected chi connectivity index (χ0v) is 36.9. The molecule has 8 rings (SSSR count). The largest absolute Gasteiger partial charge is 0.508 e. The van der Waals surface area contributed by atoms with E-state index in [0.717, 1.165) is 5.69 Å². The van der Waals surface area contributed by atoms with Gasteiger partial charge in [-0.3, -0.25) is 38.6 Å². The molecule has 0 aromatic heterocycles. The molecule has 6 aliphatic rings. The van der Waals surface area contributed by atoms with E-state index in [4.69, 9.17) is 11.5 Å². The van der Waals surface area contributed by atoms with E-state index in [9.17, 15) is 74.7 Å². The van der Waals surface area contributed by atoms with Crippen LogP contribution in [0.1, 0.15) is 41.5 Å². The second-order valence-corrected chi connectivity index (χ2v) is 18.1. The third kappa shape index (κ3) is 6.43. The van der Waals surface area contributed by atoms with E-state index in [2.05, 4.69) is 0 Å². The third-order valence-electron chi connectivity index (χ3n) is 14.1. The number of carbonyl (C=O) groups excluding carboxylic acids is 6. The summed E-state index contributed by atoms with van der Waals surface area (Å²) in [5.74, 6) is -15.4. The number of benzene rings is 2. The van der Waals surface area contributed by atoms with Crippen LogP contribution in [-0.2, 0) is 35.2 Å². The number of anilines is 1. The predicted octanol–water partition coefficient (Wildman–Crippen LogP) is -1.30. The molecular weight excluding hydrogens is 867 g/mol. The molecular formula is C45H53N5O16. The lowest BCUT2D eigenvalue weighted by atomic mass is 9.54. The smallest absolute Gasteiger partial charge is 0.255 e. The van der Waals surface area contributed by atoms with Crippen molar-refractivity contribution in [2.75, 3.05) is 47.2 Å². The van der Waals surface area contributed by atoms with Gasteiger partial charge in [-0.1, -0.05) is 19.1 Å². The maximum Gasteiger partial charge on any atom is 0.255 e. The lowest BCUT2D eigenvalue weighted by molar-refractivity contribution is -0.169. The molecule has 0 bridgehead atoms. The highest BCUT2D eigenvalue weighted by Gasteiger charge is 2.69. The van der Waals surface area contributed by atoms with Crippen LogP contribution in [0, 0.1) is 23.7 Å². The number of hydrogen-bond donors (Lipinski definition) is 11. The topological polar surface area (TPSA) is 378 Å². The lowest BCUT2D eigenvalue weighted by Gasteiger charge is -2.53. The molecule has 15 N–H and O–H groups in total.